The van der Waals surface area contributed by atoms with Crippen molar-refractivity contribution in [2.24, 2.45) is 0 Å². The summed E-state index contributed by atoms with van der Waals surface area (Å²) in [7, 11) is 0. The maximum Gasteiger partial charge on any atom is 0.335 e. The molecule has 0 unspecified atom stereocenters. The molecule has 1 aliphatic rings. The SMILES string of the molecule is Fc1ccc(C(c2ccc(F)cc2)N2CCN(CC=Cc3ccccc3)CC2)cc1.O=C(O)c1ccccc1. The standard InChI is InChI=1S/C26H26F2N2.C7H6O2/c27-24-12-8-22(9-13-24)26(23-10-14-25(28)15-11-23)30-19-17-29(18-20-30)16-4-7-21-5-2-1-3-6-21;8-7(9)6-4-2-1-3-5-6/h1-15,26H,16-20H2;1-5H,(H,8,9). The highest BCUT2D eigenvalue weighted by atomic mass is 19.1. The number of benzene rings is 4. The predicted octanol–water partition coefficient (Wildman–Crippen LogP) is 6.77. The number of carbonyl (C=O) groups is 1. The topological polar surface area (TPSA) is 43.8 Å². The minimum atomic E-state index is -0.879. The lowest BCUT2D eigenvalue weighted by atomic mass is 9.96. The smallest absolute Gasteiger partial charge is 0.335 e. The van der Waals surface area contributed by atoms with Crippen LogP contribution in [0.1, 0.15) is 33.1 Å². The molecule has 1 aliphatic heterocycles. The molecule has 39 heavy (non-hydrogen) atoms. The summed E-state index contributed by atoms with van der Waals surface area (Å²) in [5.74, 6) is -1.37. The van der Waals surface area contributed by atoms with Crippen LogP contribution in [-0.2, 0) is 0 Å². The number of halogens is 2. The molecule has 5 rings (SSSR count). The van der Waals surface area contributed by atoms with Crippen molar-refractivity contribution in [1.29, 1.82) is 0 Å². The molecule has 4 aromatic rings. The normalized spacial score (nSPS) is 14.2. The number of aromatic carboxylic acids is 1. The summed E-state index contributed by atoms with van der Waals surface area (Å²) in [5.41, 5.74) is 3.60. The molecule has 0 atom stereocenters. The van der Waals surface area contributed by atoms with Gasteiger partial charge in [0.25, 0.3) is 0 Å². The molecule has 0 saturated carbocycles. The molecule has 0 aromatic heterocycles. The van der Waals surface area contributed by atoms with E-state index in [1.54, 1.807) is 30.3 Å². The quantitative estimate of drug-likeness (QED) is 0.289. The van der Waals surface area contributed by atoms with Crippen LogP contribution in [0.15, 0.2) is 115 Å². The minimum absolute atomic E-state index is 0.00629. The van der Waals surface area contributed by atoms with Crippen molar-refractivity contribution >= 4 is 12.0 Å². The van der Waals surface area contributed by atoms with Gasteiger partial charge in [0.15, 0.2) is 0 Å². The van der Waals surface area contributed by atoms with E-state index in [1.165, 1.54) is 29.8 Å². The zero-order valence-corrected chi connectivity index (χ0v) is 21.7. The van der Waals surface area contributed by atoms with E-state index in [2.05, 4.69) is 34.1 Å². The van der Waals surface area contributed by atoms with Crippen molar-refractivity contribution in [3.05, 3.63) is 149 Å². The molecular weight excluding hydrogens is 494 g/mol. The van der Waals surface area contributed by atoms with Gasteiger partial charge < -0.3 is 5.11 Å². The van der Waals surface area contributed by atoms with Crippen molar-refractivity contribution in [1.82, 2.24) is 9.80 Å². The van der Waals surface area contributed by atoms with Gasteiger partial charge in [-0.2, -0.15) is 0 Å². The van der Waals surface area contributed by atoms with Crippen LogP contribution in [0.25, 0.3) is 6.08 Å². The first-order valence-electron chi connectivity index (χ1n) is 13.0. The van der Waals surface area contributed by atoms with Crippen LogP contribution < -0.4 is 0 Å². The Labute approximate surface area is 228 Å². The highest BCUT2D eigenvalue weighted by molar-refractivity contribution is 5.87. The number of nitrogens with zero attached hydrogens (tertiary/aromatic N) is 2. The lowest BCUT2D eigenvalue weighted by Crippen LogP contribution is -2.47. The van der Waals surface area contributed by atoms with Gasteiger partial charge in [0.2, 0.25) is 0 Å². The summed E-state index contributed by atoms with van der Waals surface area (Å²) in [5, 5.41) is 8.38. The molecule has 1 N–H and O–H groups in total. The molecule has 200 valence electrons. The lowest BCUT2D eigenvalue weighted by Gasteiger charge is -2.39. The fourth-order valence-electron chi connectivity index (χ4n) is 4.59. The predicted molar refractivity (Wildman–Crippen MR) is 152 cm³/mol. The zero-order chi connectivity index (χ0) is 27.5. The van der Waals surface area contributed by atoms with Crippen molar-refractivity contribution < 1.29 is 18.7 Å². The van der Waals surface area contributed by atoms with Gasteiger partial charge in [0, 0.05) is 32.7 Å². The number of hydrogen-bond donors (Lipinski definition) is 1. The molecular formula is C33H32F2N2O2. The van der Waals surface area contributed by atoms with Crippen LogP contribution in [0.2, 0.25) is 0 Å². The third kappa shape index (κ3) is 8.43. The van der Waals surface area contributed by atoms with E-state index in [0.29, 0.717) is 5.56 Å². The largest absolute Gasteiger partial charge is 0.478 e. The molecule has 1 fully saturated rings. The van der Waals surface area contributed by atoms with Gasteiger partial charge in [0.05, 0.1) is 11.6 Å². The van der Waals surface area contributed by atoms with Crippen LogP contribution >= 0.6 is 0 Å². The highest BCUT2D eigenvalue weighted by Gasteiger charge is 2.26. The Hall–Kier alpha value is -4.13. The maximum atomic E-state index is 13.5. The molecule has 0 spiro atoms. The van der Waals surface area contributed by atoms with Gasteiger partial charge in [-0.15, -0.1) is 0 Å². The number of rotatable bonds is 7. The Morgan fingerprint density at radius 3 is 1.67 bits per heavy atom. The molecule has 0 radical (unpaired) electrons. The van der Waals surface area contributed by atoms with Crippen molar-refractivity contribution in [2.75, 3.05) is 32.7 Å². The molecule has 1 saturated heterocycles. The Morgan fingerprint density at radius 1 is 0.718 bits per heavy atom. The van der Waals surface area contributed by atoms with Gasteiger partial charge in [-0.1, -0.05) is 84.9 Å². The van der Waals surface area contributed by atoms with Crippen molar-refractivity contribution in [3.8, 4) is 0 Å². The van der Waals surface area contributed by atoms with Gasteiger partial charge in [-0.05, 0) is 53.1 Å². The fraction of sp³-hybridized carbons (Fsp3) is 0.182. The molecule has 6 heteroatoms. The summed E-state index contributed by atoms with van der Waals surface area (Å²) >= 11 is 0. The summed E-state index contributed by atoms with van der Waals surface area (Å²) in [6.07, 6.45) is 4.37. The van der Waals surface area contributed by atoms with Crippen LogP contribution in [-0.4, -0.2) is 53.6 Å². The van der Waals surface area contributed by atoms with Crippen molar-refractivity contribution in [2.45, 2.75) is 6.04 Å². The molecule has 0 bridgehead atoms. The van der Waals surface area contributed by atoms with Crippen LogP contribution in [0.4, 0.5) is 8.78 Å². The molecule has 4 aromatic carbocycles. The zero-order valence-electron chi connectivity index (χ0n) is 21.7. The molecule has 4 nitrogen and oxygen atoms in total. The van der Waals surface area contributed by atoms with Gasteiger partial charge in [-0.3, -0.25) is 9.80 Å². The average molecular weight is 527 g/mol. The van der Waals surface area contributed by atoms with E-state index in [-0.39, 0.29) is 17.7 Å². The highest BCUT2D eigenvalue weighted by Crippen LogP contribution is 2.30. The van der Waals surface area contributed by atoms with E-state index >= 15 is 0 Å². The summed E-state index contributed by atoms with van der Waals surface area (Å²) in [6.45, 7) is 4.63. The third-order valence-electron chi connectivity index (χ3n) is 6.64. The fourth-order valence-corrected chi connectivity index (χ4v) is 4.59. The summed E-state index contributed by atoms with van der Waals surface area (Å²) in [4.78, 5) is 15.0. The van der Waals surface area contributed by atoms with Crippen LogP contribution in [0.3, 0.4) is 0 Å². The Balaban J connectivity index is 0.000000333. The van der Waals surface area contributed by atoms with E-state index in [9.17, 15) is 13.6 Å². The summed E-state index contributed by atoms with van der Waals surface area (Å²) < 4.78 is 26.9. The van der Waals surface area contributed by atoms with Gasteiger partial charge in [0.1, 0.15) is 11.6 Å². The Morgan fingerprint density at radius 2 is 1.21 bits per heavy atom. The lowest BCUT2D eigenvalue weighted by molar-refractivity contribution is 0.0697. The molecule has 1 heterocycles. The van der Waals surface area contributed by atoms with E-state index < -0.39 is 5.97 Å². The first-order valence-corrected chi connectivity index (χ1v) is 13.0. The van der Waals surface area contributed by atoms with Crippen molar-refractivity contribution in [3.63, 3.8) is 0 Å². The average Bonchev–Trinajstić information content (AvgIpc) is 2.97. The first-order chi connectivity index (χ1) is 19.0. The second-order valence-corrected chi connectivity index (χ2v) is 9.33. The molecule has 0 aliphatic carbocycles. The second-order valence-electron chi connectivity index (χ2n) is 9.33. The van der Waals surface area contributed by atoms with Gasteiger partial charge >= 0.3 is 5.97 Å². The number of hydrogen-bond acceptors (Lipinski definition) is 3. The number of piperazine rings is 1. The Kier molecular flexibility index (Phi) is 10.1. The first kappa shape index (κ1) is 27.9. The third-order valence-corrected chi connectivity index (χ3v) is 6.64. The van der Waals surface area contributed by atoms with Crippen LogP contribution in [0.5, 0.6) is 0 Å². The maximum absolute atomic E-state index is 13.5. The number of carboxylic acids is 1. The van der Waals surface area contributed by atoms with Crippen LogP contribution in [0, 0.1) is 11.6 Å². The Bertz CT molecular complexity index is 1270. The second kappa shape index (κ2) is 14.1. The van der Waals surface area contributed by atoms with E-state index in [1.807, 2.05) is 42.5 Å². The minimum Gasteiger partial charge on any atom is -0.478 e. The molecule has 0 amide bonds. The number of carboxylic acid groups (broad SMARTS) is 1. The monoisotopic (exact) mass is 526 g/mol. The van der Waals surface area contributed by atoms with E-state index in [4.69, 9.17) is 5.11 Å². The summed E-state index contributed by atoms with van der Waals surface area (Å²) in [6, 6.07) is 31.9. The van der Waals surface area contributed by atoms with Gasteiger partial charge in [-0.25, -0.2) is 13.6 Å². The van der Waals surface area contributed by atoms with E-state index in [0.717, 1.165) is 43.9 Å².